The Bertz CT molecular complexity index is 681. The highest BCUT2D eigenvalue weighted by Crippen LogP contribution is 2.12. The third-order valence-electron chi connectivity index (χ3n) is 4.10. The maximum absolute atomic E-state index is 11.6. The van der Waals surface area contributed by atoms with Gasteiger partial charge in [-0.05, 0) is 27.2 Å². The van der Waals surface area contributed by atoms with Crippen molar-refractivity contribution in [2.24, 2.45) is 12.0 Å². The average molecular weight is 373 g/mol. The van der Waals surface area contributed by atoms with Crippen LogP contribution in [0.1, 0.15) is 37.2 Å². The summed E-state index contributed by atoms with van der Waals surface area (Å²) in [7, 11) is -1.20. The Morgan fingerprint density at radius 3 is 2.44 bits per heavy atom. The Labute approximate surface area is 151 Å². The molecule has 0 atom stereocenters. The second-order valence-corrected chi connectivity index (χ2v) is 7.99. The summed E-state index contributed by atoms with van der Waals surface area (Å²) >= 11 is 0. The lowest BCUT2D eigenvalue weighted by molar-refractivity contribution is 0.424. The van der Waals surface area contributed by atoms with Crippen molar-refractivity contribution in [1.29, 1.82) is 0 Å². The van der Waals surface area contributed by atoms with Crippen LogP contribution >= 0.6 is 0 Å². The fourth-order valence-electron chi connectivity index (χ4n) is 2.57. The molecule has 0 saturated carbocycles. The Morgan fingerprint density at radius 2 is 1.96 bits per heavy atom. The Morgan fingerprint density at radius 1 is 1.28 bits per heavy atom. The first-order chi connectivity index (χ1) is 11.7. The van der Waals surface area contributed by atoms with E-state index in [1.165, 1.54) is 10.6 Å². The molecular formula is C16H32N6O2S. The third kappa shape index (κ3) is 6.66. The molecule has 8 nitrogen and oxygen atoms in total. The summed E-state index contributed by atoms with van der Waals surface area (Å²) in [5.74, 6) is 0.729. The van der Waals surface area contributed by atoms with E-state index >= 15 is 0 Å². The van der Waals surface area contributed by atoms with E-state index in [1.54, 1.807) is 0 Å². The minimum absolute atomic E-state index is 0.493. The van der Waals surface area contributed by atoms with Crippen molar-refractivity contribution in [3.8, 4) is 0 Å². The molecule has 0 fully saturated rings. The van der Waals surface area contributed by atoms with Crippen LogP contribution in [0.5, 0.6) is 0 Å². The molecule has 144 valence electrons. The molecule has 0 radical (unpaired) electrons. The average Bonchev–Trinajstić information content (AvgIpc) is 2.76. The normalized spacial score (nSPS) is 12.7. The van der Waals surface area contributed by atoms with Gasteiger partial charge >= 0.3 is 0 Å². The lowest BCUT2D eigenvalue weighted by atomic mass is 10.2. The van der Waals surface area contributed by atoms with Crippen molar-refractivity contribution < 1.29 is 8.42 Å². The Hall–Kier alpha value is -1.61. The van der Waals surface area contributed by atoms with Crippen molar-refractivity contribution >= 4 is 16.0 Å². The molecule has 1 aromatic heterocycles. The summed E-state index contributed by atoms with van der Waals surface area (Å²) in [5.41, 5.74) is 3.24. The van der Waals surface area contributed by atoms with E-state index in [1.807, 2.05) is 39.4 Å². The van der Waals surface area contributed by atoms with Crippen LogP contribution in [0.3, 0.4) is 0 Å². The van der Waals surface area contributed by atoms with Gasteiger partial charge in [-0.3, -0.25) is 4.68 Å². The van der Waals surface area contributed by atoms with Crippen LogP contribution in [-0.2, 0) is 23.6 Å². The number of sulfonamides is 1. The number of aromatic nitrogens is 2. The maximum atomic E-state index is 11.6. The first-order valence-electron chi connectivity index (χ1n) is 8.67. The van der Waals surface area contributed by atoms with Crippen molar-refractivity contribution in [2.75, 3.05) is 32.4 Å². The molecule has 25 heavy (non-hydrogen) atoms. The molecule has 0 amide bonds. The minimum atomic E-state index is -3.13. The summed E-state index contributed by atoms with van der Waals surface area (Å²) < 4.78 is 26.5. The smallest absolute Gasteiger partial charge is 0.211 e. The van der Waals surface area contributed by atoms with Crippen LogP contribution < -0.4 is 10.6 Å². The molecule has 0 aliphatic rings. The fraction of sp³-hybridized carbons (Fsp3) is 0.750. The summed E-state index contributed by atoms with van der Waals surface area (Å²) in [6.45, 7) is 10.9. The SMILES string of the molecule is CCNC(=NCc1c(C)nn(C)c1C)NCCCN(CC)S(C)(=O)=O. The van der Waals surface area contributed by atoms with Crippen molar-refractivity contribution in [3.05, 3.63) is 17.0 Å². The lowest BCUT2D eigenvalue weighted by Crippen LogP contribution is -2.39. The predicted octanol–water partition coefficient (Wildman–Crippen LogP) is 0.764. The molecule has 0 aromatic carbocycles. The van der Waals surface area contributed by atoms with E-state index in [4.69, 9.17) is 0 Å². The topological polar surface area (TPSA) is 91.6 Å². The van der Waals surface area contributed by atoms with Crippen LogP contribution in [0.2, 0.25) is 0 Å². The van der Waals surface area contributed by atoms with E-state index in [0.29, 0.717) is 26.2 Å². The van der Waals surface area contributed by atoms with Gasteiger partial charge in [-0.1, -0.05) is 6.92 Å². The first-order valence-corrected chi connectivity index (χ1v) is 10.5. The van der Waals surface area contributed by atoms with Crippen molar-refractivity contribution in [2.45, 2.75) is 40.7 Å². The molecule has 0 aliphatic heterocycles. The molecule has 9 heteroatoms. The number of nitrogens with zero attached hydrogens (tertiary/aromatic N) is 4. The van der Waals surface area contributed by atoms with E-state index in [0.717, 1.165) is 35.9 Å². The van der Waals surface area contributed by atoms with Gasteiger partial charge in [0.1, 0.15) is 0 Å². The van der Waals surface area contributed by atoms with Crippen LogP contribution in [-0.4, -0.2) is 60.9 Å². The third-order valence-corrected chi connectivity index (χ3v) is 5.48. The van der Waals surface area contributed by atoms with E-state index in [9.17, 15) is 8.42 Å². The van der Waals surface area contributed by atoms with Gasteiger partial charge in [0.15, 0.2) is 5.96 Å². The number of nitrogens with one attached hydrogen (secondary N) is 2. The minimum Gasteiger partial charge on any atom is -0.357 e. The second-order valence-electron chi connectivity index (χ2n) is 6.00. The number of hydrogen-bond acceptors (Lipinski definition) is 4. The van der Waals surface area contributed by atoms with Crippen molar-refractivity contribution in [3.63, 3.8) is 0 Å². The van der Waals surface area contributed by atoms with Gasteiger partial charge in [0.25, 0.3) is 0 Å². The second kappa shape index (κ2) is 9.76. The number of rotatable bonds is 9. The molecule has 0 unspecified atom stereocenters. The Balaban J connectivity index is 2.59. The number of aliphatic imine (C=N–C) groups is 1. The fourth-order valence-corrected chi connectivity index (χ4v) is 3.50. The van der Waals surface area contributed by atoms with Gasteiger partial charge < -0.3 is 10.6 Å². The summed E-state index contributed by atoms with van der Waals surface area (Å²) in [5, 5.41) is 10.9. The van der Waals surface area contributed by atoms with Crippen molar-refractivity contribution in [1.82, 2.24) is 24.7 Å². The molecule has 1 aromatic rings. The highest BCUT2D eigenvalue weighted by Gasteiger charge is 2.13. The zero-order valence-corrected chi connectivity index (χ0v) is 17.1. The molecule has 0 spiro atoms. The zero-order valence-electron chi connectivity index (χ0n) is 16.3. The summed E-state index contributed by atoms with van der Waals surface area (Å²) in [6, 6.07) is 0. The molecule has 1 rings (SSSR count). The molecule has 0 saturated heterocycles. The van der Waals surface area contributed by atoms with Crippen LogP contribution in [0.25, 0.3) is 0 Å². The quantitative estimate of drug-likeness (QED) is 0.379. The number of aryl methyl sites for hydroxylation is 2. The standard InChI is InChI=1S/C16H32N6O2S/c1-7-17-16(18-10-9-11-22(8-2)25(6,23)24)19-12-15-13(3)20-21(5)14(15)4/h7-12H2,1-6H3,(H2,17,18,19). The predicted molar refractivity (Wildman–Crippen MR) is 102 cm³/mol. The van der Waals surface area contributed by atoms with Crippen LogP contribution in [0.15, 0.2) is 4.99 Å². The summed E-state index contributed by atoms with van der Waals surface area (Å²) in [4.78, 5) is 4.61. The van der Waals surface area contributed by atoms with Crippen LogP contribution in [0.4, 0.5) is 0 Å². The van der Waals surface area contributed by atoms with Gasteiger partial charge in [0.2, 0.25) is 10.0 Å². The van der Waals surface area contributed by atoms with Gasteiger partial charge in [0, 0.05) is 44.5 Å². The van der Waals surface area contributed by atoms with Gasteiger partial charge in [-0.2, -0.15) is 5.10 Å². The molecular weight excluding hydrogens is 340 g/mol. The van der Waals surface area contributed by atoms with Gasteiger partial charge in [-0.25, -0.2) is 17.7 Å². The molecule has 0 bridgehead atoms. The van der Waals surface area contributed by atoms with Gasteiger partial charge in [0.05, 0.1) is 18.5 Å². The monoisotopic (exact) mass is 372 g/mol. The maximum Gasteiger partial charge on any atom is 0.211 e. The lowest BCUT2D eigenvalue weighted by Gasteiger charge is -2.18. The number of guanidine groups is 1. The van der Waals surface area contributed by atoms with E-state index < -0.39 is 10.0 Å². The zero-order chi connectivity index (χ0) is 19.0. The Kier molecular flexibility index (Phi) is 8.37. The highest BCUT2D eigenvalue weighted by atomic mass is 32.2. The highest BCUT2D eigenvalue weighted by molar-refractivity contribution is 7.88. The van der Waals surface area contributed by atoms with Crippen LogP contribution in [0, 0.1) is 13.8 Å². The largest absolute Gasteiger partial charge is 0.357 e. The molecule has 2 N–H and O–H groups in total. The van der Waals surface area contributed by atoms with E-state index in [-0.39, 0.29) is 0 Å². The molecule has 0 aliphatic carbocycles. The molecule has 1 heterocycles. The first kappa shape index (κ1) is 21.4. The summed E-state index contributed by atoms with van der Waals surface area (Å²) in [6.07, 6.45) is 1.96. The van der Waals surface area contributed by atoms with E-state index in [2.05, 4.69) is 20.7 Å². The van der Waals surface area contributed by atoms with Gasteiger partial charge in [-0.15, -0.1) is 0 Å². The number of hydrogen-bond donors (Lipinski definition) is 2.